The highest BCUT2D eigenvalue weighted by atomic mass is 15.1. The average Bonchev–Trinajstić information content (AvgIpc) is 2.19. The molecule has 78 valence electrons. The molecule has 0 atom stereocenters. The largest absolute Gasteiger partial charge is 0.330 e. The summed E-state index contributed by atoms with van der Waals surface area (Å²) in [7, 11) is 2.27. The van der Waals surface area contributed by atoms with Gasteiger partial charge in [0.05, 0.1) is 0 Å². The molecule has 1 saturated carbocycles. The fourth-order valence-electron chi connectivity index (χ4n) is 2.21. The third kappa shape index (κ3) is 4.10. The zero-order valence-electron chi connectivity index (χ0n) is 8.97. The van der Waals surface area contributed by atoms with E-state index in [1.54, 1.807) is 0 Å². The third-order valence-electron chi connectivity index (χ3n) is 3.16. The van der Waals surface area contributed by atoms with E-state index in [1.165, 1.54) is 51.5 Å². The Kier molecular flexibility index (Phi) is 5.40. The molecule has 2 heteroatoms. The Balaban J connectivity index is 2.09. The molecule has 0 radical (unpaired) electrons. The van der Waals surface area contributed by atoms with Gasteiger partial charge >= 0.3 is 0 Å². The predicted octanol–water partition coefficient (Wildman–Crippen LogP) is 1.99. The number of nitrogens with two attached hydrogens (primary N) is 1. The Morgan fingerprint density at radius 1 is 1.15 bits per heavy atom. The lowest BCUT2D eigenvalue weighted by Gasteiger charge is -2.31. The summed E-state index contributed by atoms with van der Waals surface area (Å²) in [5.74, 6) is 0. The smallest absolute Gasteiger partial charge is 0.00922 e. The Morgan fingerprint density at radius 2 is 1.85 bits per heavy atom. The monoisotopic (exact) mass is 184 g/mol. The van der Waals surface area contributed by atoms with E-state index in [4.69, 9.17) is 5.73 Å². The van der Waals surface area contributed by atoms with E-state index in [9.17, 15) is 0 Å². The molecule has 0 heterocycles. The van der Waals surface area contributed by atoms with Crippen molar-refractivity contribution >= 4 is 0 Å². The van der Waals surface area contributed by atoms with Crippen LogP contribution in [-0.4, -0.2) is 31.1 Å². The molecule has 13 heavy (non-hydrogen) atoms. The summed E-state index contributed by atoms with van der Waals surface area (Å²) < 4.78 is 0. The van der Waals surface area contributed by atoms with Gasteiger partial charge in [-0.25, -0.2) is 0 Å². The highest BCUT2D eigenvalue weighted by molar-refractivity contribution is 4.73. The van der Waals surface area contributed by atoms with Gasteiger partial charge in [0.1, 0.15) is 0 Å². The summed E-state index contributed by atoms with van der Waals surface area (Å²) in [5, 5.41) is 0. The van der Waals surface area contributed by atoms with E-state index in [-0.39, 0.29) is 0 Å². The van der Waals surface area contributed by atoms with Gasteiger partial charge in [0, 0.05) is 6.04 Å². The van der Waals surface area contributed by atoms with Gasteiger partial charge < -0.3 is 10.6 Å². The van der Waals surface area contributed by atoms with Gasteiger partial charge in [-0.1, -0.05) is 19.3 Å². The molecule has 2 nitrogen and oxygen atoms in total. The Bertz CT molecular complexity index is 119. The summed E-state index contributed by atoms with van der Waals surface area (Å²) >= 11 is 0. The van der Waals surface area contributed by atoms with Gasteiger partial charge in [-0.05, 0) is 45.8 Å². The lowest BCUT2D eigenvalue weighted by Crippen LogP contribution is -2.34. The van der Waals surface area contributed by atoms with Crippen LogP contribution in [0.5, 0.6) is 0 Å². The van der Waals surface area contributed by atoms with E-state index >= 15 is 0 Å². The molecule has 0 spiro atoms. The van der Waals surface area contributed by atoms with Crippen molar-refractivity contribution in [2.45, 2.75) is 51.0 Å². The van der Waals surface area contributed by atoms with Crippen LogP contribution in [0.25, 0.3) is 0 Å². The topological polar surface area (TPSA) is 29.3 Å². The molecule has 1 rings (SSSR count). The Hall–Kier alpha value is -0.0800. The third-order valence-corrected chi connectivity index (χ3v) is 3.16. The van der Waals surface area contributed by atoms with Crippen molar-refractivity contribution in [3.63, 3.8) is 0 Å². The molecule has 0 aromatic heterocycles. The molecule has 0 saturated heterocycles. The van der Waals surface area contributed by atoms with Gasteiger partial charge in [-0.2, -0.15) is 0 Å². The van der Waals surface area contributed by atoms with E-state index < -0.39 is 0 Å². The van der Waals surface area contributed by atoms with E-state index in [0.717, 1.165) is 12.6 Å². The first-order valence-corrected chi connectivity index (χ1v) is 5.75. The van der Waals surface area contributed by atoms with Gasteiger partial charge in [0.25, 0.3) is 0 Å². The van der Waals surface area contributed by atoms with Crippen LogP contribution in [0, 0.1) is 0 Å². The van der Waals surface area contributed by atoms with Gasteiger partial charge in [0.15, 0.2) is 0 Å². The van der Waals surface area contributed by atoms with Crippen LogP contribution in [0.4, 0.5) is 0 Å². The Labute approximate surface area is 82.5 Å². The molecule has 0 aliphatic heterocycles. The summed E-state index contributed by atoms with van der Waals surface area (Å²) in [6, 6.07) is 0.867. The van der Waals surface area contributed by atoms with Crippen LogP contribution >= 0.6 is 0 Å². The fourth-order valence-corrected chi connectivity index (χ4v) is 2.21. The quantitative estimate of drug-likeness (QED) is 0.662. The normalized spacial score (nSPS) is 19.6. The van der Waals surface area contributed by atoms with Gasteiger partial charge in [-0.3, -0.25) is 0 Å². The maximum absolute atomic E-state index is 5.47. The van der Waals surface area contributed by atoms with Gasteiger partial charge in [0.2, 0.25) is 0 Å². The summed E-state index contributed by atoms with van der Waals surface area (Å²) in [4.78, 5) is 2.54. The standard InChI is InChI=1S/C11H24N2/c1-13(10-6-5-9-12)11-7-3-2-4-8-11/h11H,2-10,12H2,1H3. The lowest BCUT2D eigenvalue weighted by atomic mass is 9.94. The number of hydrogen-bond donors (Lipinski definition) is 1. The molecule has 0 aromatic rings. The Morgan fingerprint density at radius 3 is 2.46 bits per heavy atom. The van der Waals surface area contributed by atoms with Crippen LogP contribution in [-0.2, 0) is 0 Å². The van der Waals surface area contributed by atoms with Crippen molar-refractivity contribution in [1.29, 1.82) is 0 Å². The molecule has 2 N–H and O–H groups in total. The lowest BCUT2D eigenvalue weighted by molar-refractivity contribution is 0.189. The second kappa shape index (κ2) is 6.39. The van der Waals surface area contributed by atoms with Crippen LogP contribution in [0.3, 0.4) is 0 Å². The summed E-state index contributed by atoms with van der Waals surface area (Å²) in [5.41, 5.74) is 5.47. The minimum Gasteiger partial charge on any atom is -0.330 e. The summed E-state index contributed by atoms with van der Waals surface area (Å²) in [6.45, 7) is 2.08. The molecule has 0 unspecified atom stereocenters. The van der Waals surface area contributed by atoms with Crippen LogP contribution in [0.2, 0.25) is 0 Å². The van der Waals surface area contributed by atoms with Crippen molar-refractivity contribution in [1.82, 2.24) is 4.90 Å². The van der Waals surface area contributed by atoms with Crippen LogP contribution in [0.15, 0.2) is 0 Å². The molecule has 1 fully saturated rings. The molecule has 1 aliphatic rings. The molecule has 1 aliphatic carbocycles. The maximum Gasteiger partial charge on any atom is 0.00922 e. The second-order valence-corrected chi connectivity index (χ2v) is 4.27. The summed E-state index contributed by atoms with van der Waals surface area (Å²) in [6.07, 6.45) is 9.60. The molecule has 0 amide bonds. The number of unbranched alkanes of at least 4 members (excludes halogenated alkanes) is 1. The van der Waals surface area contributed by atoms with E-state index in [0.29, 0.717) is 0 Å². The highest BCUT2D eigenvalue weighted by Gasteiger charge is 2.16. The zero-order valence-corrected chi connectivity index (χ0v) is 8.97. The zero-order chi connectivity index (χ0) is 9.52. The van der Waals surface area contributed by atoms with Crippen LogP contribution < -0.4 is 5.73 Å². The van der Waals surface area contributed by atoms with E-state index in [2.05, 4.69) is 11.9 Å². The minimum atomic E-state index is 0.846. The first kappa shape index (κ1) is 11.0. The molecule has 0 bridgehead atoms. The second-order valence-electron chi connectivity index (χ2n) is 4.27. The SMILES string of the molecule is CN(CCCCN)C1CCCCC1. The fraction of sp³-hybridized carbons (Fsp3) is 1.00. The minimum absolute atomic E-state index is 0.846. The predicted molar refractivity (Wildman–Crippen MR) is 57.8 cm³/mol. The van der Waals surface area contributed by atoms with Crippen molar-refractivity contribution in [3.8, 4) is 0 Å². The van der Waals surface area contributed by atoms with Crippen molar-refractivity contribution in [2.75, 3.05) is 20.1 Å². The molecule has 0 aromatic carbocycles. The van der Waals surface area contributed by atoms with Gasteiger partial charge in [-0.15, -0.1) is 0 Å². The van der Waals surface area contributed by atoms with E-state index in [1.807, 2.05) is 0 Å². The molecular weight excluding hydrogens is 160 g/mol. The highest BCUT2D eigenvalue weighted by Crippen LogP contribution is 2.21. The first-order chi connectivity index (χ1) is 6.34. The van der Waals surface area contributed by atoms with Crippen molar-refractivity contribution in [3.05, 3.63) is 0 Å². The number of hydrogen-bond acceptors (Lipinski definition) is 2. The average molecular weight is 184 g/mol. The maximum atomic E-state index is 5.47. The first-order valence-electron chi connectivity index (χ1n) is 5.75. The van der Waals surface area contributed by atoms with Crippen molar-refractivity contribution in [2.24, 2.45) is 5.73 Å². The number of nitrogens with zero attached hydrogens (tertiary/aromatic N) is 1. The molecular formula is C11H24N2. The van der Waals surface area contributed by atoms with Crippen LogP contribution in [0.1, 0.15) is 44.9 Å². The van der Waals surface area contributed by atoms with Crippen molar-refractivity contribution < 1.29 is 0 Å². The number of rotatable bonds is 5.